The number of aliphatic hydroxyl groups is 1. The van der Waals surface area contributed by atoms with Gasteiger partial charge < -0.3 is 34.5 Å². The van der Waals surface area contributed by atoms with Gasteiger partial charge in [0, 0.05) is 36.2 Å². The molecule has 20 rings (SSSR count). The van der Waals surface area contributed by atoms with Crippen molar-refractivity contribution in [2.24, 2.45) is 29.6 Å². The van der Waals surface area contributed by atoms with Crippen LogP contribution >= 0.6 is 39.1 Å². The van der Waals surface area contributed by atoms with Crippen molar-refractivity contribution < 1.29 is 98.0 Å². The average molecular weight is 1780 g/mol. The number of hydrogen-bond donors (Lipinski definition) is 7. The van der Waals surface area contributed by atoms with Gasteiger partial charge in [-0.3, -0.25) is 40.7 Å². The highest BCUT2D eigenvalue weighted by Crippen LogP contribution is 2.53. The van der Waals surface area contributed by atoms with E-state index in [0.717, 1.165) is 189 Å². The lowest BCUT2D eigenvalue weighted by Gasteiger charge is -2.25. The molecule has 0 radical (unpaired) electrons. The summed E-state index contributed by atoms with van der Waals surface area (Å²) >= 11 is 0. The van der Waals surface area contributed by atoms with Gasteiger partial charge in [-0.25, -0.2) is 22.8 Å². The van der Waals surface area contributed by atoms with Crippen LogP contribution in [0, 0.1) is 29.6 Å². The fourth-order valence-corrected chi connectivity index (χ4v) is 23.3. The molecule has 21 nitrogen and oxygen atoms in total. The van der Waals surface area contributed by atoms with Crippen LogP contribution in [-0.4, -0.2) is 101 Å². The van der Waals surface area contributed by atoms with E-state index in [2.05, 4.69) is 42.5 Å². The van der Waals surface area contributed by atoms with E-state index in [1.807, 2.05) is 231 Å². The molecule has 126 heavy (non-hydrogen) atoms. The monoisotopic (exact) mass is 1780 g/mol. The highest BCUT2D eigenvalue weighted by atomic mass is 31.2. The van der Waals surface area contributed by atoms with E-state index >= 15 is 0 Å². The highest BCUT2D eigenvalue weighted by molar-refractivity contribution is 7.48. The maximum absolute atomic E-state index is 14.9. The minimum absolute atomic E-state index is 0.0378. The lowest BCUT2D eigenvalue weighted by molar-refractivity contribution is 0.0671. The van der Waals surface area contributed by atoms with Crippen molar-refractivity contribution in [3.63, 3.8) is 0 Å². The Hall–Kier alpha value is -9.89. The number of rotatable bonds is 38. The molecule has 0 aliphatic carbocycles. The summed E-state index contributed by atoms with van der Waals surface area (Å²) < 4.78 is 123. The van der Waals surface area contributed by atoms with Crippen molar-refractivity contribution in [3.8, 4) is 0 Å². The van der Waals surface area contributed by atoms with Gasteiger partial charge in [0.2, 0.25) is 0 Å². The summed E-state index contributed by atoms with van der Waals surface area (Å²) in [6.45, 7) is -5.41. The van der Waals surface area contributed by atoms with E-state index in [1.54, 1.807) is 0 Å². The van der Waals surface area contributed by atoms with Crippen molar-refractivity contribution in [2.75, 3.05) is 66.1 Å². The third-order valence-corrected chi connectivity index (χ3v) is 29.3. The Labute approximate surface area is 722 Å². The number of aliphatic hydroxyl groups excluding tert-OH is 1. The Kier molecular flexibility index (Phi) is 22.9. The number of phosphoric acid groups is 5. The maximum Gasteiger partial charge on any atom is 0.472 e. The molecule has 0 fully saturated rings. The van der Waals surface area contributed by atoms with E-state index in [1.165, 1.54) is 0 Å². The molecule has 0 amide bonds. The SMILES string of the molecule is O=P(O)(O)OCC(COP(=O)(O)OCC(COP(=O)(O)OCC(COP(=O)(O)OCC(COP(=O)(O)OCC(CO)Cc1cc2cccc3ccc4cccc1c4c32)Cc1cc2cccc3ccc4cccc1c4c32)Cc1cc2cccc3ccc4cccc1c4c32)Cc1cc2cccc3ccc4cccc1c4c32)Cc1cc2cccc3ccc4cccc1c4c32. The van der Waals surface area contributed by atoms with Gasteiger partial charge in [-0.1, -0.05) is 273 Å². The van der Waals surface area contributed by atoms with Crippen LogP contribution in [0.2, 0.25) is 0 Å². The molecular formula is C100H87O21P5. The molecule has 0 aliphatic heterocycles. The van der Waals surface area contributed by atoms with Gasteiger partial charge in [-0.15, -0.1) is 0 Å². The lowest BCUT2D eigenvalue weighted by Crippen LogP contribution is -2.22. The van der Waals surface area contributed by atoms with Crippen molar-refractivity contribution in [1.29, 1.82) is 0 Å². The topological polar surface area (TPSA) is 310 Å². The second-order valence-corrected chi connectivity index (χ2v) is 40.5. The quantitative estimate of drug-likeness (QED) is 0.0140. The zero-order chi connectivity index (χ0) is 86.4. The van der Waals surface area contributed by atoms with E-state index < -0.39 is 122 Å². The third kappa shape index (κ3) is 17.2. The predicted octanol–water partition coefficient (Wildman–Crippen LogP) is 23.4. The minimum atomic E-state index is -5.23. The number of hydrogen-bond acceptors (Lipinski definition) is 15. The maximum atomic E-state index is 14.9. The van der Waals surface area contributed by atoms with Gasteiger partial charge in [-0.05, 0) is 222 Å². The van der Waals surface area contributed by atoms with Crippen molar-refractivity contribution in [2.45, 2.75) is 32.1 Å². The lowest BCUT2D eigenvalue weighted by atomic mass is 9.88. The Morgan fingerprint density at radius 2 is 0.357 bits per heavy atom. The van der Waals surface area contributed by atoms with Crippen molar-refractivity contribution >= 4 is 201 Å². The third-order valence-electron chi connectivity index (χ3n) is 25.0. The fourth-order valence-electron chi connectivity index (χ4n) is 19.4. The van der Waals surface area contributed by atoms with Crippen LogP contribution in [0.25, 0.3) is 162 Å². The molecule has 0 saturated heterocycles. The second-order valence-electron chi connectivity index (χ2n) is 33.5. The Morgan fingerprint density at radius 1 is 0.198 bits per heavy atom. The fraction of sp³-hybridized carbons (Fsp3) is 0.200. The molecule has 0 heterocycles. The molecule has 0 spiro atoms. The van der Waals surface area contributed by atoms with Crippen molar-refractivity contribution in [3.05, 3.63) is 301 Å². The van der Waals surface area contributed by atoms with E-state index in [9.17, 15) is 57.3 Å². The highest BCUT2D eigenvalue weighted by Gasteiger charge is 2.35. The van der Waals surface area contributed by atoms with Crippen LogP contribution in [0.3, 0.4) is 0 Å². The van der Waals surface area contributed by atoms with Crippen LogP contribution in [0.4, 0.5) is 0 Å². The first-order valence-electron chi connectivity index (χ1n) is 41.9. The van der Waals surface area contributed by atoms with Gasteiger partial charge in [0.05, 0.1) is 59.5 Å². The van der Waals surface area contributed by atoms with Crippen LogP contribution in [0.5, 0.6) is 0 Å². The van der Waals surface area contributed by atoms with E-state index in [-0.39, 0.29) is 38.9 Å². The largest absolute Gasteiger partial charge is 0.472 e. The molecule has 0 bridgehead atoms. The first kappa shape index (κ1) is 84.3. The molecule has 20 aromatic carbocycles. The molecule has 0 aromatic heterocycles. The average Bonchev–Trinajstić information content (AvgIpc) is 0.758. The summed E-state index contributed by atoms with van der Waals surface area (Å²) in [7, 11) is -25.6. The summed E-state index contributed by atoms with van der Waals surface area (Å²) in [6, 6.07) is 90.3. The smallest absolute Gasteiger partial charge is 0.396 e. The number of phosphoric ester groups is 5. The van der Waals surface area contributed by atoms with Gasteiger partial charge in [0.25, 0.3) is 0 Å². The van der Waals surface area contributed by atoms with Crippen LogP contribution in [0.1, 0.15) is 27.8 Å². The summed E-state index contributed by atoms with van der Waals surface area (Å²) in [4.78, 5) is 67.4. The molecular weight excluding hydrogens is 1690 g/mol. The first-order valence-corrected chi connectivity index (χ1v) is 49.5. The van der Waals surface area contributed by atoms with E-state index in [0.29, 0.717) is 6.42 Å². The first-order chi connectivity index (χ1) is 60.9. The summed E-state index contributed by atoms with van der Waals surface area (Å²) in [6.07, 6.45) is 0.568. The molecule has 7 N–H and O–H groups in total. The molecule has 26 heteroatoms. The van der Waals surface area contributed by atoms with Crippen LogP contribution in [0.15, 0.2) is 273 Å². The van der Waals surface area contributed by atoms with Gasteiger partial charge in [0.15, 0.2) is 0 Å². The standard InChI is InChI=1S/C100H87O21P5/c101-51-61(41-81-46-76-21-1-11-66-31-36-71-16-6-26-86(81)96(71)91(66)76)52-114-123(105,106)116-55-63(43-83-48-78-23-3-13-68-33-38-73-18-8-28-88(83)98(73)93(68)78)56-118-125(109,110)120-59-65(45-85-50-80-25-5-15-70-35-40-75-20-10-30-90(85)100(75)95(70)80)60-121-126(111,112)119-58-64(44-84-49-79-24-4-14-69-34-39-74-19-9-29-89(84)99(74)94(69)79)57-117-124(107,108)115-54-62(53-113-122(102,103)104)42-82-47-77-22-2-12-67-32-37-72-17-7-27-87(82)97(72)92(67)77/h1-40,46-50,61-65,101H,41-45,51-60H2,(H,105,106)(H,107,108)(H,109,110)(H,111,112)(H2,102,103,104). The molecule has 0 saturated carbocycles. The Balaban J connectivity index is 0.564. The van der Waals surface area contributed by atoms with Gasteiger partial charge in [0.1, 0.15) is 0 Å². The molecule has 9 atom stereocenters. The predicted molar refractivity (Wildman–Crippen MR) is 499 cm³/mol. The molecule has 20 aromatic rings. The van der Waals surface area contributed by atoms with Gasteiger partial charge >= 0.3 is 39.1 Å². The normalized spacial score (nSPS) is 16.0. The molecule has 638 valence electrons. The number of benzene rings is 20. The van der Waals surface area contributed by atoms with Crippen molar-refractivity contribution in [1.82, 2.24) is 0 Å². The van der Waals surface area contributed by atoms with Crippen LogP contribution < -0.4 is 0 Å². The minimum Gasteiger partial charge on any atom is -0.396 e. The van der Waals surface area contributed by atoms with E-state index in [4.69, 9.17) is 40.7 Å². The van der Waals surface area contributed by atoms with Crippen LogP contribution in [-0.2, 0) is 95.6 Å². The second kappa shape index (κ2) is 34.3. The molecule has 9 unspecified atom stereocenters. The summed E-state index contributed by atoms with van der Waals surface area (Å²) in [5.41, 5.74) is 3.99. The Bertz CT molecular complexity index is 7780. The van der Waals surface area contributed by atoms with Gasteiger partial charge in [-0.2, -0.15) is 0 Å². The summed E-state index contributed by atoms with van der Waals surface area (Å²) in [5.74, 6) is -4.50. The summed E-state index contributed by atoms with van der Waals surface area (Å²) in [5, 5.41) is 40.3. The zero-order valence-corrected chi connectivity index (χ0v) is 72.5. The molecule has 0 aliphatic rings. The Morgan fingerprint density at radius 3 is 0.548 bits per heavy atom. The zero-order valence-electron chi connectivity index (χ0n) is 68.1.